The lowest BCUT2D eigenvalue weighted by atomic mass is 10.2. The summed E-state index contributed by atoms with van der Waals surface area (Å²) in [6.45, 7) is 0.640. The van der Waals surface area contributed by atoms with Crippen LogP contribution in [0.2, 0.25) is 0 Å². The number of methoxy groups -OCH3 is 1. The van der Waals surface area contributed by atoms with E-state index in [0.717, 1.165) is 5.56 Å². The molecule has 0 heterocycles. The Labute approximate surface area is 83.2 Å². The highest BCUT2D eigenvalue weighted by atomic mass is 16.5. The van der Waals surface area contributed by atoms with Gasteiger partial charge in [-0.05, 0) is 5.56 Å². The average molecular weight is 194 g/mol. The normalized spacial score (nSPS) is 10.2. The standard InChI is InChI=1S/C10H14N2O2/c1-14-10(13)8-12(11)7-9-5-3-2-4-6-9/h2-6H,7-8,11H2,1H3. The van der Waals surface area contributed by atoms with Crippen molar-refractivity contribution < 1.29 is 9.53 Å². The van der Waals surface area contributed by atoms with Crippen LogP contribution in [0.5, 0.6) is 0 Å². The van der Waals surface area contributed by atoms with E-state index in [4.69, 9.17) is 5.84 Å². The SMILES string of the molecule is COC(=O)CN(N)Cc1ccccc1. The van der Waals surface area contributed by atoms with Crippen LogP contribution in [0.15, 0.2) is 30.3 Å². The van der Waals surface area contributed by atoms with E-state index in [1.54, 1.807) is 0 Å². The number of nitrogens with zero attached hydrogens (tertiary/aromatic N) is 1. The zero-order chi connectivity index (χ0) is 10.4. The third kappa shape index (κ3) is 3.55. The van der Waals surface area contributed by atoms with Crippen molar-refractivity contribution in [3.63, 3.8) is 0 Å². The molecule has 2 N–H and O–H groups in total. The molecule has 0 unspecified atom stereocenters. The van der Waals surface area contributed by atoms with Crippen LogP contribution in [0, 0.1) is 0 Å². The summed E-state index contributed by atoms with van der Waals surface area (Å²) >= 11 is 0. The van der Waals surface area contributed by atoms with E-state index in [0.29, 0.717) is 6.54 Å². The van der Waals surface area contributed by atoms with Crippen LogP contribution in [-0.4, -0.2) is 24.6 Å². The smallest absolute Gasteiger partial charge is 0.321 e. The van der Waals surface area contributed by atoms with Crippen LogP contribution >= 0.6 is 0 Å². The molecular formula is C10H14N2O2. The van der Waals surface area contributed by atoms with Gasteiger partial charge in [-0.25, -0.2) is 5.01 Å². The first-order valence-corrected chi connectivity index (χ1v) is 4.32. The summed E-state index contributed by atoms with van der Waals surface area (Å²) in [6.07, 6.45) is 0. The van der Waals surface area contributed by atoms with Gasteiger partial charge < -0.3 is 4.74 Å². The van der Waals surface area contributed by atoms with Crippen molar-refractivity contribution in [1.82, 2.24) is 5.01 Å². The molecule has 0 aliphatic carbocycles. The van der Waals surface area contributed by atoms with Crippen LogP contribution in [-0.2, 0) is 16.1 Å². The summed E-state index contributed by atoms with van der Waals surface area (Å²) in [5, 5.41) is 1.42. The highest BCUT2D eigenvalue weighted by Gasteiger charge is 2.06. The lowest BCUT2D eigenvalue weighted by Gasteiger charge is -2.14. The van der Waals surface area contributed by atoms with Crippen molar-refractivity contribution in [2.24, 2.45) is 5.84 Å². The molecule has 0 aromatic heterocycles. The molecule has 14 heavy (non-hydrogen) atoms. The number of esters is 1. The molecule has 0 radical (unpaired) electrons. The third-order valence-electron chi connectivity index (χ3n) is 1.79. The Hall–Kier alpha value is -1.39. The summed E-state index contributed by atoms with van der Waals surface area (Å²) in [5.41, 5.74) is 1.07. The molecule has 0 aliphatic rings. The summed E-state index contributed by atoms with van der Waals surface area (Å²) < 4.78 is 4.50. The second kappa shape index (κ2) is 5.36. The maximum absolute atomic E-state index is 10.9. The van der Waals surface area contributed by atoms with Crippen LogP contribution in [0.3, 0.4) is 0 Å². The van der Waals surface area contributed by atoms with Gasteiger partial charge in [0.15, 0.2) is 0 Å². The van der Waals surface area contributed by atoms with Gasteiger partial charge in [-0.15, -0.1) is 0 Å². The maximum atomic E-state index is 10.9. The molecule has 0 fully saturated rings. The predicted molar refractivity (Wildman–Crippen MR) is 53.1 cm³/mol. The zero-order valence-corrected chi connectivity index (χ0v) is 8.14. The molecule has 1 aromatic rings. The number of rotatable bonds is 4. The van der Waals surface area contributed by atoms with Gasteiger partial charge in [-0.1, -0.05) is 30.3 Å². The number of carbonyl (C=O) groups excluding carboxylic acids is 1. The lowest BCUT2D eigenvalue weighted by molar-refractivity contribution is -0.142. The van der Waals surface area contributed by atoms with E-state index in [1.807, 2.05) is 30.3 Å². The highest BCUT2D eigenvalue weighted by Crippen LogP contribution is 2.00. The third-order valence-corrected chi connectivity index (χ3v) is 1.79. The fraction of sp³-hybridized carbons (Fsp3) is 0.300. The average Bonchev–Trinajstić information content (AvgIpc) is 2.19. The molecule has 0 atom stereocenters. The van der Waals surface area contributed by atoms with Crippen LogP contribution < -0.4 is 5.84 Å². The Morgan fingerprint density at radius 2 is 2.07 bits per heavy atom. The number of carbonyl (C=O) groups is 1. The summed E-state index contributed by atoms with van der Waals surface area (Å²) in [5.74, 6) is 5.28. The van der Waals surface area contributed by atoms with E-state index in [-0.39, 0.29) is 12.5 Å². The lowest BCUT2D eigenvalue weighted by Crippen LogP contribution is -2.35. The molecule has 4 nitrogen and oxygen atoms in total. The van der Waals surface area contributed by atoms with Gasteiger partial charge in [-0.2, -0.15) is 0 Å². The van der Waals surface area contributed by atoms with E-state index in [9.17, 15) is 4.79 Å². The molecule has 0 aliphatic heterocycles. The van der Waals surface area contributed by atoms with Gasteiger partial charge in [0.05, 0.1) is 7.11 Å². The Morgan fingerprint density at radius 1 is 1.43 bits per heavy atom. The molecule has 76 valence electrons. The summed E-state index contributed by atoms with van der Waals surface area (Å²) in [7, 11) is 1.35. The van der Waals surface area contributed by atoms with E-state index >= 15 is 0 Å². The predicted octanol–water partition coefficient (Wildman–Crippen LogP) is 0.535. The Bertz CT molecular complexity index is 287. The highest BCUT2D eigenvalue weighted by molar-refractivity contribution is 5.71. The second-order valence-corrected chi connectivity index (χ2v) is 2.97. The Morgan fingerprint density at radius 3 is 2.64 bits per heavy atom. The largest absolute Gasteiger partial charge is 0.468 e. The van der Waals surface area contributed by atoms with Crippen LogP contribution in [0.1, 0.15) is 5.56 Å². The van der Waals surface area contributed by atoms with E-state index < -0.39 is 0 Å². The van der Waals surface area contributed by atoms with Crippen LogP contribution in [0.4, 0.5) is 0 Å². The summed E-state index contributed by atoms with van der Waals surface area (Å²) in [6, 6.07) is 9.71. The number of nitrogens with two attached hydrogens (primary N) is 1. The molecule has 0 amide bonds. The van der Waals surface area contributed by atoms with Crippen LogP contribution in [0.25, 0.3) is 0 Å². The number of hydrazine groups is 1. The van der Waals surface area contributed by atoms with Gasteiger partial charge in [0.25, 0.3) is 0 Å². The monoisotopic (exact) mass is 194 g/mol. The number of hydrogen-bond donors (Lipinski definition) is 1. The molecule has 1 aromatic carbocycles. The van der Waals surface area contributed by atoms with Gasteiger partial charge in [0, 0.05) is 6.54 Å². The minimum Gasteiger partial charge on any atom is -0.468 e. The molecule has 0 bridgehead atoms. The first kappa shape index (κ1) is 10.7. The molecule has 1 rings (SSSR count). The number of benzene rings is 1. The molecule has 4 heteroatoms. The molecule has 0 saturated heterocycles. The molecule has 0 spiro atoms. The summed E-state index contributed by atoms with van der Waals surface area (Å²) in [4.78, 5) is 10.9. The number of ether oxygens (including phenoxy) is 1. The zero-order valence-electron chi connectivity index (χ0n) is 8.14. The van der Waals surface area contributed by atoms with Crippen molar-refractivity contribution in [3.8, 4) is 0 Å². The van der Waals surface area contributed by atoms with Crippen molar-refractivity contribution in [3.05, 3.63) is 35.9 Å². The topological polar surface area (TPSA) is 55.6 Å². The second-order valence-electron chi connectivity index (χ2n) is 2.97. The van der Waals surface area contributed by atoms with Gasteiger partial charge in [-0.3, -0.25) is 10.6 Å². The minimum absolute atomic E-state index is 0.103. The maximum Gasteiger partial charge on any atom is 0.321 e. The van der Waals surface area contributed by atoms with Gasteiger partial charge in [0.2, 0.25) is 0 Å². The fourth-order valence-electron chi connectivity index (χ4n) is 1.10. The van der Waals surface area contributed by atoms with E-state index in [2.05, 4.69) is 4.74 Å². The Kier molecular flexibility index (Phi) is 4.10. The quantitative estimate of drug-likeness (QED) is 0.431. The number of hydrogen-bond acceptors (Lipinski definition) is 4. The van der Waals surface area contributed by atoms with Crippen molar-refractivity contribution in [1.29, 1.82) is 0 Å². The van der Waals surface area contributed by atoms with E-state index in [1.165, 1.54) is 12.1 Å². The van der Waals surface area contributed by atoms with Crippen molar-refractivity contribution >= 4 is 5.97 Å². The van der Waals surface area contributed by atoms with Gasteiger partial charge >= 0.3 is 5.97 Å². The molecule has 0 saturated carbocycles. The fourth-order valence-corrected chi connectivity index (χ4v) is 1.10. The van der Waals surface area contributed by atoms with Crippen molar-refractivity contribution in [2.45, 2.75) is 6.54 Å². The Balaban J connectivity index is 2.41. The first-order chi connectivity index (χ1) is 6.72. The van der Waals surface area contributed by atoms with Crippen molar-refractivity contribution in [2.75, 3.05) is 13.7 Å². The minimum atomic E-state index is -0.330. The molecular weight excluding hydrogens is 180 g/mol. The first-order valence-electron chi connectivity index (χ1n) is 4.32. The van der Waals surface area contributed by atoms with Gasteiger partial charge in [0.1, 0.15) is 6.54 Å².